The minimum Gasteiger partial charge on any atom is -0.388 e. The van der Waals surface area contributed by atoms with Crippen LogP contribution in [0.3, 0.4) is 0 Å². The molecule has 10 aliphatic heterocycles. The van der Waals surface area contributed by atoms with Crippen LogP contribution in [-0.2, 0) is 91.1 Å². The average molecular weight is 1050 g/mol. The van der Waals surface area contributed by atoms with Crippen molar-refractivity contribution in [3.63, 3.8) is 0 Å². The number of rotatable bonds is 8. The number of aliphatic hydroxyl groups excluding tert-OH is 2. The normalized spacial score (nSPS) is 53.3. The molecule has 0 spiro atoms. The fraction of sp³-hybridized carbons (Fsp3) is 1.00. The standard InChI is InChI=1S/C42H66O24S3/c1-19-6-8-40(3)32(59-29-16-30-36(61-35(19)29)37(44)42(5)34(60-30)12-20(43)38(63-42)65-69(51,52)53)18-31-41(4,66-40)9-7-21-22(58-31)13-24-23(55-21)14-25-26(56-24)15-28-27(57-25)17-33(64-68(48,49)50)39(2,62-28)10-11-54-67(45,46)47/h19-38,43-44H,6-18H2,1-5H3,(H,45,46,47)(H,48,49,50)(H,51,52,53). The van der Waals surface area contributed by atoms with Crippen molar-refractivity contribution in [2.75, 3.05) is 6.61 Å². The van der Waals surface area contributed by atoms with Crippen LogP contribution in [0.25, 0.3) is 0 Å². The van der Waals surface area contributed by atoms with Crippen LogP contribution in [0.5, 0.6) is 0 Å². The van der Waals surface area contributed by atoms with E-state index >= 15 is 0 Å². The Morgan fingerprint density at radius 3 is 1.68 bits per heavy atom. The number of hydrogen-bond donors (Lipinski definition) is 5. The van der Waals surface area contributed by atoms with Gasteiger partial charge in [-0.25, -0.2) is 12.5 Å². The van der Waals surface area contributed by atoms with Gasteiger partial charge in [0, 0.05) is 51.4 Å². The first kappa shape index (κ1) is 51.6. The molecule has 24 unspecified atom stereocenters. The molecule has 0 aromatic heterocycles. The van der Waals surface area contributed by atoms with Crippen molar-refractivity contribution in [3.05, 3.63) is 0 Å². The molecule has 0 saturated carbocycles. The van der Waals surface area contributed by atoms with Crippen LogP contribution in [0.2, 0.25) is 0 Å². The zero-order valence-electron chi connectivity index (χ0n) is 39.0. The molecule has 24 atom stereocenters. The van der Waals surface area contributed by atoms with Crippen molar-refractivity contribution < 1.29 is 109 Å². The van der Waals surface area contributed by atoms with Gasteiger partial charge in [0.05, 0.1) is 109 Å². The van der Waals surface area contributed by atoms with Crippen molar-refractivity contribution in [1.29, 1.82) is 0 Å². The Morgan fingerprint density at radius 1 is 0.536 bits per heavy atom. The predicted octanol–water partition coefficient (Wildman–Crippen LogP) is 1.04. The first-order valence-electron chi connectivity index (χ1n) is 24.0. The Kier molecular flexibility index (Phi) is 13.6. The maximum Gasteiger partial charge on any atom is 0.399 e. The van der Waals surface area contributed by atoms with Gasteiger partial charge in [-0.05, 0) is 59.3 Å². The van der Waals surface area contributed by atoms with E-state index in [9.17, 15) is 44.6 Å². The fourth-order valence-corrected chi connectivity index (χ4v) is 14.5. The quantitative estimate of drug-likeness (QED) is 0.212. The molecule has 396 valence electrons. The summed E-state index contributed by atoms with van der Waals surface area (Å²) >= 11 is 0. The van der Waals surface area contributed by atoms with Gasteiger partial charge in [-0.15, -0.1) is 0 Å². The highest BCUT2D eigenvalue weighted by Crippen LogP contribution is 2.53. The fourth-order valence-electron chi connectivity index (χ4n) is 13.3. The SMILES string of the molecule is CC1CCC2(C)OC3(C)CCC4OC5CC6OC7CC(OS(=O)(=O)O)C(C)(CCOS(=O)(=O)O)OC7CC6OC5CC4OC3CC2OC2CC3OC4CC(O)C(OS(=O)(=O)O)OC4(C)C(O)C3OC12. The van der Waals surface area contributed by atoms with Gasteiger partial charge in [-0.1, -0.05) is 6.92 Å². The van der Waals surface area contributed by atoms with E-state index in [2.05, 4.69) is 29.1 Å². The highest BCUT2D eigenvalue weighted by atomic mass is 32.3. The lowest BCUT2D eigenvalue weighted by molar-refractivity contribution is -0.377. The lowest BCUT2D eigenvalue weighted by Crippen LogP contribution is -2.73. The van der Waals surface area contributed by atoms with Crippen molar-refractivity contribution in [2.24, 2.45) is 5.92 Å². The number of fused-ring (bicyclic) bond motifs is 9. The highest BCUT2D eigenvalue weighted by Gasteiger charge is 2.64. The van der Waals surface area contributed by atoms with E-state index in [4.69, 9.17) is 56.1 Å². The third kappa shape index (κ3) is 10.2. The van der Waals surface area contributed by atoms with E-state index in [0.717, 1.165) is 0 Å². The third-order valence-corrected chi connectivity index (χ3v) is 18.4. The molecule has 0 radical (unpaired) electrons. The van der Waals surface area contributed by atoms with Gasteiger partial charge < -0.3 is 57.6 Å². The summed E-state index contributed by atoms with van der Waals surface area (Å²) in [6, 6.07) is 0. The van der Waals surface area contributed by atoms with Crippen LogP contribution >= 0.6 is 0 Å². The molecule has 0 amide bonds. The van der Waals surface area contributed by atoms with Crippen LogP contribution in [0.4, 0.5) is 0 Å². The third-order valence-electron chi connectivity index (χ3n) is 17.0. The second-order valence-electron chi connectivity index (χ2n) is 21.8. The van der Waals surface area contributed by atoms with Crippen LogP contribution < -0.4 is 0 Å². The lowest BCUT2D eigenvalue weighted by Gasteiger charge is -2.59. The molecule has 0 bridgehead atoms. The molecule has 0 aromatic rings. The smallest absolute Gasteiger partial charge is 0.388 e. The van der Waals surface area contributed by atoms with Gasteiger partial charge in [0.25, 0.3) is 0 Å². The number of ether oxygens (including phenoxy) is 10. The maximum atomic E-state index is 11.9. The van der Waals surface area contributed by atoms with E-state index in [0.29, 0.717) is 57.8 Å². The topological polar surface area (TPSA) is 324 Å². The predicted molar refractivity (Wildman–Crippen MR) is 228 cm³/mol. The van der Waals surface area contributed by atoms with E-state index < -0.39 is 152 Å². The van der Waals surface area contributed by atoms with Gasteiger partial charge in [-0.3, -0.25) is 13.7 Å². The summed E-state index contributed by atoms with van der Waals surface area (Å²) in [5, 5.41) is 22.5. The molecule has 10 heterocycles. The number of aliphatic hydroxyl groups is 2. The first-order chi connectivity index (χ1) is 32.1. The Balaban J connectivity index is 0.807. The summed E-state index contributed by atoms with van der Waals surface area (Å²) in [5.74, 6) is -0.0398. The van der Waals surface area contributed by atoms with Crippen LogP contribution in [-0.4, -0.2) is 194 Å². The second-order valence-corrected chi connectivity index (χ2v) is 25.0. The molecule has 10 rings (SSSR count). The molecule has 27 heteroatoms. The van der Waals surface area contributed by atoms with E-state index in [-0.39, 0.29) is 49.6 Å². The maximum absolute atomic E-state index is 11.9. The average Bonchev–Trinajstić information content (AvgIpc) is 3.35. The summed E-state index contributed by atoms with van der Waals surface area (Å²) in [7, 11) is -14.7. The molecule has 69 heavy (non-hydrogen) atoms. The first-order valence-corrected chi connectivity index (χ1v) is 28.1. The molecule has 24 nitrogen and oxygen atoms in total. The Bertz CT molecular complexity index is 2260. The van der Waals surface area contributed by atoms with Crippen molar-refractivity contribution in [1.82, 2.24) is 0 Å². The summed E-state index contributed by atoms with van der Waals surface area (Å²) in [6.45, 7) is 8.74. The zero-order valence-corrected chi connectivity index (χ0v) is 41.4. The van der Waals surface area contributed by atoms with E-state index in [1.807, 2.05) is 0 Å². The van der Waals surface area contributed by atoms with Crippen LogP contribution in [0.1, 0.15) is 112 Å². The summed E-state index contributed by atoms with van der Waals surface area (Å²) < 4.78 is 178. The molecule has 10 aliphatic rings. The van der Waals surface area contributed by atoms with Gasteiger partial charge in [-0.2, -0.15) is 25.3 Å². The molecule has 10 fully saturated rings. The van der Waals surface area contributed by atoms with Crippen molar-refractivity contribution in [2.45, 2.75) is 250 Å². The minimum atomic E-state index is -4.99. The minimum absolute atomic E-state index is 0.0145. The Morgan fingerprint density at radius 2 is 1.06 bits per heavy atom. The van der Waals surface area contributed by atoms with Crippen LogP contribution in [0.15, 0.2) is 0 Å². The van der Waals surface area contributed by atoms with Crippen LogP contribution in [0, 0.1) is 5.92 Å². The van der Waals surface area contributed by atoms with Crippen molar-refractivity contribution in [3.8, 4) is 0 Å². The highest BCUT2D eigenvalue weighted by molar-refractivity contribution is 7.81. The Labute approximate surface area is 401 Å². The van der Waals surface area contributed by atoms with Gasteiger partial charge >= 0.3 is 31.2 Å². The van der Waals surface area contributed by atoms with Gasteiger partial charge in [0.1, 0.15) is 30.0 Å². The Hall–Kier alpha value is -0.870. The molecular weight excluding hydrogens is 985 g/mol. The molecule has 10 saturated heterocycles. The second kappa shape index (κ2) is 18.2. The largest absolute Gasteiger partial charge is 0.399 e. The summed E-state index contributed by atoms with van der Waals surface area (Å²) in [4.78, 5) is 0. The zero-order chi connectivity index (χ0) is 49.4. The van der Waals surface area contributed by atoms with E-state index in [1.54, 1.807) is 0 Å². The molecular formula is C42H66O24S3. The molecule has 5 N–H and O–H groups in total. The van der Waals surface area contributed by atoms with Gasteiger partial charge in [0.2, 0.25) is 6.29 Å². The lowest BCUT2D eigenvalue weighted by atomic mass is 9.73. The van der Waals surface area contributed by atoms with Gasteiger partial charge in [0.15, 0.2) is 0 Å². The van der Waals surface area contributed by atoms with Crippen molar-refractivity contribution >= 4 is 31.2 Å². The summed E-state index contributed by atoms with van der Waals surface area (Å²) in [6.07, 6.45) is -9.01. The monoisotopic (exact) mass is 1050 g/mol. The molecule has 0 aromatic carbocycles. The summed E-state index contributed by atoms with van der Waals surface area (Å²) in [5.41, 5.74) is -4.41. The van der Waals surface area contributed by atoms with E-state index in [1.165, 1.54) is 13.8 Å². The number of hydrogen-bond acceptors (Lipinski definition) is 21. The molecule has 0 aliphatic carbocycles.